The molecule has 0 spiro atoms. The van der Waals surface area contributed by atoms with E-state index in [-0.39, 0.29) is 5.60 Å². The lowest BCUT2D eigenvalue weighted by Gasteiger charge is -2.43. The first-order chi connectivity index (χ1) is 10.1. The van der Waals surface area contributed by atoms with E-state index in [1.165, 1.54) is 0 Å². The molecular weight excluding hydrogens is 264 g/mol. The highest BCUT2D eigenvalue weighted by Gasteiger charge is 2.44. The lowest BCUT2D eigenvalue weighted by molar-refractivity contribution is -0.159. The summed E-state index contributed by atoms with van der Waals surface area (Å²) >= 11 is 0. The number of ether oxygens (including phenoxy) is 1. The Kier molecular flexibility index (Phi) is 3.59. The Hall–Kier alpha value is -1.65. The fourth-order valence-corrected chi connectivity index (χ4v) is 3.10. The van der Waals surface area contributed by atoms with Gasteiger partial charge in [-0.25, -0.2) is 4.68 Å². The molecule has 3 rings (SSSR count). The summed E-state index contributed by atoms with van der Waals surface area (Å²) in [6.07, 6.45) is 3.82. The summed E-state index contributed by atoms with van der Waals surface area (Å²) in [5.41, 5.74) is 0.640. The molecular formula is C17H22N2O2. The second kappa shape index (κ2) is 5.28. The maximum Gasteiger partial charge on any atom is 0.112 e. The Morgan fingerprint density at radius 2 is 2.05 bits per heavy atom. The maximum atomic E-state index is 11.2. The monoisotopic (exact) mass is 286 g/mol. The van der Waals surface area contributed by atoms with E-state index in [1.807, 2.05) is 41.1 Å². The topological polar surface area (TPSA) is 47.3 Å². The summed E-state index contributed by atoms with van der Waals surface area (Å²) < 4.78 is 7.70. The fraction of sp³-hybridized carbons (Fsp3) is 0.471. The van der Waals surface area contributed by atoms with Crippen LogP contribution in [0.1, 0.15) is 38.8 Å². The molecule has 1 N–H and O–H groups in total. The van der Waals surface area contributed by atoms with Crippen molar-refractivity contribution in [3.63, 3.8) is 0 Å². The Morgan fingerprint density at radius 1 is 1.29 bits per heavy atom. The summed E-state index contributed by atoms with van der Waals surface area (Å²) in [5.74, 6) is 0. The van der Waals surface area contributed by atoms with Crippen molar-refractivity contribution in [1.29, 1.82) is 0 Å². The van der Waals surface area contributed by atoms with Crippen LogP contribution in [-0.2, 0) is 10.3 Å². The van der Waals surface area contributed by atoms with E-state index in [0.717, 1.165) is 17.8 Å². The number of nitrogens with zero attached hydrogens (tertiary/aromatic N) is 2. The minimum atomic E-state index is -0.894. The molecule has 2 unspecified atom stereocenters. The van der Waals surface area contributed by atoms with Crippen LogP contribution >= 0.6 is 0 Å². The first-order valence-corrected chi connectivity index (χ1v) is 7.53. The zero-order chi connectivity index (χ0) is 14.9. The molecule has 2 aromatic rings. The number of aliphatic hydroxyl groups is 1. The Balaban J connectivity index is 1.99. The van der Waals surface area contributed by atoms with Gasteiger partial charge < -0.3 is 9.84 Å². The van der Waals surface area contributed by atoms with Crippen molar-refractivity contribution in [3.05, 3.63) is 48.3 Å². The molecule has 2 atom stereocenters. The van der Waals surface area contributed by atoms with Gasteiger partial charge in [0.25, 0.3) is 0 Å². The fourth-order valence-electron chi connectivity index (χ4n) is 3.10. The third-order valence-corrected chi connectivity index (χ3v) is 4.50. The zero-order valence-electron chi connectivity index (χ0n) is 12.6. The molecule has 1 aliphatic heterocycles. The molecule has 4 heteroatoms. The van der Waals surface area contributed by atoms with Crippen LogP contribution in [0.5, 0.6) is 0 Å². The highest BCUT2D eigenvalue weighted by molar-refractivity contribution is 5.34. The third kappa shape index (κ3) is 2.61. The molecule has 0 radical (unpaired) electrons. The quantitative estimate of drug-likeness (QED) is 0.943. The van der Waals surface area contributed by atoms with Gasteiger partial charge >= 0.3 is 0 Å². The van der Waals surface area contributed by atoms with Crippen molar-refractivity contribution >= 4 is 0 Å². The van der Waals surface area contributed by atoms with Gasteiger partial charge in [0.1, 0.15) is 5.60 Å². The molecule has 1 saturated heterocycles. The summed E-state index contributed by atoms with van der Waals surface area (Å²) in [4.78, 5) is 0. The van der Waals surface area contributed by atoms with Crippen LogP contribution < -0.4 is 0 Å². The summed E-state index contributed by atoms with van der Waals surface area (Å²) in [6, 6.07) is 11.8. The van der Waals surface area contributed by atoms with Gasteiger partial charge in [-0.15, -0.1) is 0 Å². The van der Waals surface area contributed by atoms with Crippen LogP contribution in [0, 0.1) is 0 Å². The highest BCUT2D eigenvalue weighted by atomic mass is 16.5. The minimum absolute atomic E-state index is 0.279. The van der Waals surface area contributed by atoms with Crippen LogP contribution in [0.15, 0.2) is 42.6 Å². The van der Waals surface area contributed by atoms with E-state index in [2.05, 4.69) is 18.9 Å². The lowest BCUT2D eigenvalue weighted by Crippen LogP contribution is -2.46. The van der Waals surface area contributed by atoms with Gasteiger partial charge in [-0.2, -0.15) is 5.10 Å². The predicted octanol–water partition coefficient (Wildman–Crippen LogP) is 3.04. The SMILES string of the molecule is CCC1(C)CC(O)(c2ccnn2-c2ccccc2)CCO1. The normalized spacial score (nSPS) is 29.5. The second-order valence-electron chi connectivity index (χ2n) is 6.07. The third-order valence-electron chi connectivity index (χ3n) is 4.50. The standard InChI is InChI=1S/C17H22N2O2/c1-3-16(2)13-17(20,10-12-21-16)15-9-11-18-19(15)14-7-5-4-6-8-14/h4-9,11,20H,3,10,12-13H2,1-2H3. The molecule has 21 heavy (non-hydrogen) atoms. The predicted molar refractivity (Wildman–Crippen MR) is 81.3 cm³/mol. The van der Waals surface area contributed by atoms with Crippen molar-refractivity contribution in [2.45, 2.75) is 44.3 Å². The van der Waals surface area contributed by atoms with Crippen molar-refractivity contribution < 1.29 is 9.84 Å². The van der Waals surface area contributed by atoms with Crippen molar-refractivity contribution in [1.82, 2.24) is 9.78 Å². The molecule has 0 amide bonds. The molecule has 0 bridgehead atoms. The van der Waals surface area contributed by atoms with E-state index in [4.69, 9.17) is 4.74 Å². The van der Waals surface area contributed by atoms with Gasteiger partial charge in [0.05, 0.1) is 23.6 Å². The Morgan fingerprint density at radius 3 is 2.76 bits per heavy atom. The molecule has 112 valence electrons. The van der Waals surface area contributed by atoms with Gasteiger partial charge in [0.2, 0.25) is 0 Å². The summed E-state index contributed by atoms with van der Waals surface area (Å²) in [6.45, 7) is 4.74. The van der Waals surface area contributed by atoms with E-state index in [1.54, 1.807) is 6.20 Å². The number of hydrogen-bond acceptors (Lipinski definition) is 3. The van der Waals surface area contributed by atoms with Crippen LogP contribution in [0.3, 0.4) is 0 Å². The molecule has 1 aromatic heterocycles. The van der Waals surface area contributed by atoms with Gasteiger partial charge in [0.15, 0.2) is 0 Å². The van der Waals surface area contributed by atoms with E-state index < -0.39 is 5.60 Å². The van der Waals surface area contributed by atoms with Crippen molar-refractivity contribution in [2.75, 3.05) is 6.61 Å². The van der Waals surface area contributed by atoms with Crippen LogP contribution in [0.2, 0.25) is 0 Å². The molecule has 1 fully saturated rings. The van der Waals surface area contributed by atoms with Crippen molar-refractivity contribution in [2.24, 2.45) is 0 Å². The average molecular weight is 286 g/mol. The minimum Gasteiger partial charge on any atom is -0.383 e. The summed E-state index contributed by atoms with van der Waals surface area (Å²) in [5, 5.41) is 15.6. The first-order valence-electron chi connectivity index (χ1n) is 7.53. The van der Waals surface area contributed by atoms with Gasteiger partial charge in [0, 0.05) is 19.0 Å². The summed E-state index contributed by atoms with van der Waals surface area (Å²) in [7, 11) is 0. The van der Waals surface area contributed by atoms with Crippen LogP contribution in [-0.4, -0.2) is 27.1 Å². The van der Waals surface area contributed by atoms with E-state index >= 15 is 0 Å². The maximum absolute atomic E-state index is 11.2. The van der Waals surface area contributed by atoms with Gasteiger partial charge in [-0.05, 0) is 31.5 Å². The van der Waals surface area contributed by atoms with Crippen molar-refractivity contribution in [3.8, 4) is 5.69 Å². The Bertz CT molecular complexity index is 610. The van der Waals surface area contributed by atoms with Crippen LogP contribution in [0.25, 0.3) is 5.69 Å². The highest BCUT2D eigenvalue weighted by Crippen LogP contribution is 2.41. The Labute approximate surface area is 125 Å². The number of rotatable bonds is 3. The number of hydrogen-bond donors (Lipinski definition) is 1. The van der Waals surface area contributed by atoms with Crippen LogP contribution in [0.4, 0.5) is 0 Å². The number of benzene rings is 1. The first kappa shape index (κ1) is 14.3. The van der Waals surface area contributed by atoms with Gasteiger partial charge in [-0.1, -0.05) is 25.1 Å². The number of aromatic nitrogens is 2. The van der Waals surface area contributed by atoms with Gasteiger partial charge in [-0.3, -0.25) is 0 Å². The molecule has 2 heterocycles. The van der Waals surface area contributed by atoms with E-state index in [0.29, 0.717) is 19.4 Å². The zero-order valence-corrected chi connectivity index (χ0v) is 12.6. The number of para-hydroxylation sites is 1. The molecule has 1 aromatic carbocycles. The average Bonchev–Trinajstić information content (AvgIpc) is 2.98. The lowest BCUT2D eigenvalue weighted by atomic mass is 9.80. The molecule has 0 aliphatic carbocycles. The molecule has 0 saturated carbocycles. The van der Waals surface area contributed by atoms with E-state index in [9.17, 15) is 5.11 Å². The smallest absolute Gasteiger partial charge is 0.112 e. The largest absolute Gasteiger partial charge is 0.383 e. The molecule has 4 nitrogen and oxygen atoms in total. The molecule has 1 aliphatic rings. The second-order valence-corrected chi connectivity index (χ2v) is 6.07.